The van der Waals surface area contributed by atoms with Gasteiger partial charge >= 0.3 is 0 Å². The number of hydroxylamine groups is 2. The Balaban J connectivity index is 2.02. The van der Waals surface area contributed by atoms with Crippen LogP contribution in [0.15, 0.2) is 59.9 Å². The Kier molecular flexibility index (Phi) is 3.12. The van der Waals surface area contributed by atoms with Crippen LogP contribution in [0.25, 0.3) is 0 Å². The van der Waals surface area contributed by atoms with E-state index in [0.29, 0.717) is 5.84 Å². The standard InChI is InChI=1S/C16H17N3O/c1-16(2)14(12-7-4-3-5-8-12)19(20)15(18-16)13-9-6-10-17-11-13/h3-11,14,19H,1-2H3. The summed E-state index contributed by atoms with van der Waals surface area (Å²) in [5, 5.41) is 12.8. The van der Waals surface area contributed by atoms with Gasteiger partial charge in [-0.05, 0) is 26.0 Å². The van der Waals surface area contributed by atoms with Crippen molar-refractivity contribution in [1.82, 2.24) is 4.98 Å². The van der Waals surface area contributed by atoms with Crippen LogP contribution >= 0.6 is 0 Å². The van der Waals surface area contributed by atoms with Crippen LogP contribution in [0.1, 0.15) is 31.0 Å². The summed E-state index contributed by atoms with van der Waals surface area (Å²) in [7, 11) is 0. The highest BCUT2D eigenvalue weighted by molar-refractivity contribution is 5.93. The number of nitrogens with zero attached hydrogens (tertiary/aromatic N) is 2. The summed E-state index contributed by atoms with van der Waals surface area (Å²) in [6.07, 6.45) is 3.39. The van der Waals surface area contributed by atoms with Gasteiger partial charge in [-0.15, -0.1) is 0 Å². The van der Waals surface area contributed by atoms with Crippen molar-refractivity contribution in [1.29, 1.82) is 0 Å². The second kappa shape index (κ2) is 4.81. The molecule has 0 saturated heterocycles. The first kappa shape index (κ1) is 13.0. The van der Waals surface area contributed by atoms with Gasteiger partial charge in [0.25, 0.3) is 0 Å². The fourth-order valence-electron chi connectivity index (χ4n) is 2.78. The lowest BCUT2D eigenvalue weighted by Gasteiger charge is -2.31. The molecule has 0 bridgehead atoms. The molecule has 4 heteroatoms. The summed E-state index contributed by atoms with van der Waals surface area (Å²) < 4.78 is 0. The van der Waals surface area contributed by atoms with Gasteiger partial charge in [0, 0.05) is 18.0 Å². The first-order valence-corrected chi connectivity index (χ1v) is 6.69. The van der Waals surface area contributed by atoms with E-state index in [-0.39, 0.29) is 11.1 Å². The van der Waals surface area contributed by atoms with Crippen LogP contribution in [0.3, 0.4) is 0 Å². The Morgan fingerprint density at radius 3 is 2.50 bits per heavy atom. The van der Waals surface area contributed by atoms with Crippen LogP contribution in [-0.2, 0) is 0 Å². The van der Waals surface area contributed by atoms with E-state index < -0.39 is 5.54 Å². The molecule has 20 heavy (non-hydrogen) atoms. The minimum atomic E-state index is -0.427. The lowest BCUT2D eigenvalue weighted by Crippen LogP contribution is -3.09. The Morgan fingerprint density at radius 1 is 1.10 bits per heavy atom. The molecule has 3 rings (SSSR count). The number of benzene rings is 1. The third kappa shape index (κ3) is 2.13. The molecule has 2 aromatic rings. The zero-order chi connectivity index (χ0) is 14.2. The first-order valence-electron chi connectivity index (χ1n) is 6.69. The number of rotatable bonds is 2. The Hall–Kier alpha value is -2.04. The average Bonchev–Trinajstić information content (AvgIpc) is 2.71. The molecule has 0 aliphatic carbocycles. The van der Waals surface area contributed by atoms with E-state index in [1.54, 1.807) is 12.4 Å². The van der Waals surface area contributed by atoms with Crippen LogP contribution < -0.4 is 5.06 Å². The molecule has 0 spiro atoms. The molecule has 1 aliphatic heterocycles. The van der Waals surface area contributed by atoms with E-state index in [0.717, 1.165) is 11.1 Å². The van der Waals surface area contributed by atoms with E-state index in [1.807, 2.05) is 56.3 Å². The summed E-state index contributed by atoms with van der Waals surface area (Å²) in [6, 6.07) is 13.3. The molecule has 1 aromatic carbocycles. The largest absolute Gasteiger partial charge is 0.627 e. The minimum Gasteiger partial charge on any atom is -0.627 e. The summed E-state index contributed by atoms with van der Waals surface area (Å²) in [4.78, 5) is 8.73. The summed E-state index contributed by atoms with van der Waals surface area (Å²) in [6.45, 7) is 4.01. The number of quaternary nitrogens is 1. The highest BCUT2D eigenvalue weighted by atomic mass is 16.5. The van der Waals surface area contributed by atoms with Gasteiger partial charge in [0.15, 0.2) is 0 Å². The van der Waals surface area contributed by atoms with E-state index in [9.17, 15) is 5.21 Å². The topological polar surface area (TPSA) is 52.8 Å². The maximum Gasteiger partial charge on any atom is 0.231 e. The molecule has 102 valence electrons. The third-order valence-corrected chi connectivity index (χ3v) is 3.67. The van der Waals surface area contributed by atoms with Gasteiger partial charge < -0.3 is 10.3 Å². The van der Waals surface area contributed by atoms with Gasteiger partial charge in [-0.2, -0.15) is 0 Å². The molecule has 4 nitrogen and oxygen atoms in total. The van der Waals surface area contributed by atoms with Gasteiger partial charge in [-0.3, -0.25) is 4.98 Å². The summed E-state index contributed by atoms with van der Waals surface area (Å²) in [5.41, 5.74) is 1.39. The molecule has 2 atom stereocenters. The minimum absolute atomic E-state index is 0.0780. The Morgan fingerprint density at radius 2 is 1.85 bits per heavy atom. The van der Waals surface area contributed by atoms with Crippen LogP contribution in [0.2, 0.25) is 0 Å². The quantitative estimate of drug-likeness (QED) is 0.843. The number of amidine groups is 1. The molecule has 0 fully saturated rings. The van der Waals surface area contributed by atoms with Gasteiger partial charge in [0.05, 0.1) is 5.56 Å². The number of aromatic nitrogens is 1. The SMILES string of the molecule is CC1(C)N=C(c2cccnc2)[NH+]([O-])C1c1ccccc1. The van der Waals surface area contributed by atoms with Gasteiger partial charge in [0.1, 0.15) is 11.6 Å². The molecule has 0 radical (unpaired) electrons. The summed E-state index contributed by atoms with van der Waals surface area (Å²) in [5.74, 6) is 0.539. The zero-order valence-corrected chi connectivity index (χ0v) is 11.6. The Labute approximate surface area is 118 Å². The van der Waals surface area contributed by atoms with Crippen molar-refractivity contribution in [2.45, 2.75) is 25.4 Å². The molecule has 1 aromatic heterocycles. The van der Waals surface area contributed by atoms with Crippen molar-refractivity contribution in [2.24, 2.45) is 4.99 Å². The van der Waals surface area contributed by atoms with Crippen molar-refractivity contribution in [3.8, 4) is 0 Å². The highest BCUT2D eigenvalue weighted by Gasteiger charge is 2.44. The first-order chi connectivity index (χ1) is 9.59. The number of hydrogen-bond donors (Lipinski definition) is 1. The zero-order valence-electron chi connectivity index (χ0n) is 11.6. The van der Waals surface area contributed by atoms with Crippen LogP contribution in [0.4, 0.5) is 0 Å². The maximum atomic E-state index is 12.8. The smallest absolute Gasteiger partial charge is 0.231 e. The highest BCUT2D eigenvalue weighted by Crippen LogP contribution is 2.30. The van der Waals surface area contributed by atoms with Crippen LogP contribution in [-0.4, -0.2) is 16.4 Å². The predicted molar refractivity (Wildman–Crippen MR) is 78.4 cm³/mol. The second-order valence-corrected chi connectivity index (χ2v) is 5.56. The van der Waals surface area contributed by atoms with Crippen LogP contribution in [0, 0.1) is 5.21 Å². The number of pyridine rings is 1. The third-order valence-electron chi connectivity index (χ3n) is 3.67. The maximum absolute atomic E-state index is 12.8. The van der Waals surface area contributed by atoms with Crippen molar-refractivity contribution in [2.75, 3.05) is 0 Å². The molecular formula is C16H17N3O. The van der Waals surface area contributed by atoms with Crippen molar-refractivity contribution < 1.29 is 5.06 Å². The molecule has 2 unspecified atom stereocenters. The normalized spacial score (nSPS) is 24.4. The van der Waals surface area contributed by atoms with E-state index in [2.05, 4.69) is 9.98 Å². The number of hydrogen-bond acceptors (Lipinski definition) is 3. The van der Waals surface area contributed by atoms with E-state index in [1.165, 1.54) is 0 Å². The van der Waals surface area contributed by atoms with E-state index >= 15 is 0 Å². The monoisotopic (exact) mass is 267 g/mol. The van der Waals surface area contributed by atoms with Gasteiger partial charge in [0.2, 0.25) is 5.84 Å². The summed E-state index contributed by atoms with van der Waals surface area (Å²) >= 11 is 0. The average molecular weight is 267 g/mol. The van der Waals surface area contributed by atoms with Gasteiger partial charge in [-0.25, -0.2) is 4.99 Å². The second-order valence-electron chi connectivity index (χ2n) is 5.56. The molecule has 1 N–H and O–H groups in total. The molecule has 0 amide bonds. The van der Waals surface area contributed by atoms with E-state index in [4.69, 9.17) is 0 Å². The lowest BCUT2D eigenvalue weighted by atomic mass is 9.90. The van der Waals surface area contributed by atoms with Crippen molar-refractivity contribution >= 4 is 5.84 Å². The van der Waals surface area contributed by atoms with Crippen molar-refractivity contribution in [3.05, 3.63) is 71.2 Å². The predicted octanol–water partition coefficient (Wildman–Crippen LogP) is 1.74. The fraction of sp³-hybridized carbons (Fsp3) is 0.250. The number of nitrogens with one attached hydrogen (secondary N) is 1. The van der Waals surface area contributed by atoms with Crippen LogP contribution in [0.5, 0.6) is 0 Å². The molecule has 1 aliphatic rings. The fourth-order valence-corrected chi connectivity index (χ4v) is 2.78. The van der Waals surface area contributed by atoms with Gasteiger partial charge in [-0.1, -0.05) is 30.3 Å². The molecule has 2 heterocycles. The Bertz CT molecular complexity index is 623. The lowest BCUT2D eigenvalue weighted by molar-refractivity contribution is -0.782. The van der Waals surface area contributed by atoms with Crippen molar-refractivity contribution in [3.63, 3.8) is 0 Å². The number of aliphatic imine (C=N–C) groups is 1. The molecule has 0 saturated carbocycles. The molecular weight excluding hydrogens is 250 g/mol.